The van der Waals surface area contributed by atoms with Crippen LogP contribution in [0.2, 0.25) is 0 Å². The molecule has 0 saturated carbocycles. The number of amides is 4. The first-order valence-corrected chi connectivity index (χ1v) is 11.9. The van der Waals surface area contributed by atoms with E-state index in [0.717, 1.165) is 0 Å². The Morgan fingerprint density at radius 3 is 2.31 bits per heavy atom. The molecule has 186 valence electrons. The van der Waals surface area contributed by atoms with Gasteiger partial charge in [0.2, 0.25) is 11.8 Å². The Bertz CT molecular complexity index is 1350. The molecule has 0 radical (unpaired) electrons. The van der Waals surface area contributed by atoms with E-state index in [1.807, 2.05) is 0 Å². The van der Waals surface area contributed by atoms with Gasteiger partial charge in [0.05, 0.1) is 30.5 Å². The summed E-state index contributed by atoms with van der Waals surface area (Å²) in [5.74, 6) is -5.14. The molecular weight excluding hydrogens is 536 g/mol. The fourth-order valence-electron chi connectivity index (χ4n) is 5.96. The minimum Gasteiger partial charge on any atom is -0.508 e. The molecule has 1 aromatic rings. The molecule has 1 heterocycles. The molecule has 1 aliphatic heterocycles. The third-order valence-electron chi connectivity index (χ3n) is 7.37. The summed E-state index contributed by atoms with van der Waals surface area (Å²) in [6, 6.07) is 1.59. The Labute approximate surface area is 213 Å². The first-order chi connectivity index (χ1) is 17.1. The monoisotopic (exact) mass is 556 g/mol. The van der Waals surface area contributed by atoms with Gasteiger partial charge in [0.25, 0.3) is 0 Å². The van der Waals surface area contributed by atoms with Crippen LogP contribution in [0.5, 0.6) is 17.2 Å². The number of carbonyl (C=O) groups excluding carboxylic acids is 5. The van der Waals surface area contributed by atoms with Crippen LogP contribution < -0.4 is 15.2 Å². The van der Waals surface area contributed by atoms with Crippen molar-refractivity contribution >= 4 is 45.3 Å². The van der Waals surface area contributed by atoms with Crippen molar-refractivity contribution in [3.05, 3.63) is 51.0 Å². The lowest BCUT2D eigenvalue weighted by atomic mass is 9.59. The molecule has 11 heteroatoms. The number of likely N-dealkylation sites (tertiary alicyclic amines) is 1. The van der Waals surface area contributed by atoms with Gasteiger partial charge in [0.15, 0.2) is 11.6 Å². The van der Waals surface area contributed by atoms with E-state index in [9.17, 15) is 29.1 Å². The predicted octanol–water partition coefficient (Wildman–Crippen LogP) is 2.25. The van der Waals surface area contributed by atoms with E-state index >= 15 is 0 Å². The minimum atomic E-state index is -1.15. The SMILES string of the molecule is COc1cc(O)cc(OC)c1[C@H]1C2=CC[C@@H]3C(=O)N(C(N)=O)C(=O)[C@@H]3[C@@H]2CC2=C1C(=O)C=C(Br)C2=O. The quantitative estimate of drug-likeness (QED) is 0.326. The van der Waals surface area contributed by atoms with E-state index < -0.39 is 53.1 Å². The summed E-state index contributed by atoms with van der Waals surface area (Å²) >= 11 is 3.16. The number of phenols is 1. The molecule has 4 aliphatic rings. The summed E-state index contributed by atoms with van der Waals surface area (Å²) in [6.07, 6.45) is 3.17. The number of hydrogen-bond donors (Lipinski definition) is 2. The Morgan fingerprint density at radius 1 is 1.08 bits per heavy atom. The van der Waals surface area contributed by atoms with Crippen molar-refractivity contribution in [2.75, 3.05) is 14.2 Å². The maximum absolute atomic E-state index is 13.3. The van der Waals surface area contributed by atoms with Gasteiger partial charge in [-0.25, -0.2) is 4.79 Å². The van der Waals surface area contributed by atoms with Crippen LogP contribution >= 0.6 is 15.9 Å². The third-order valence-corrected chi connectivity index (χ3v) is 7.96. The number of phenolic OH excluding ortho intramolecular Hbond substituents is 1. The van der Waals surface area contributed by atoms with E-state index in [-0.39, 0.29) is 45.7 Å². The number of fused-ring (bicyclic) bond motifs is 3. The topological polar surface area (TPSA) is 153 Å². The lowest BCUT2D eigenvalue weighted by molar-refractivity contribution is -0.136. The fourth-order valence-corrected chi connectivity index (χ4v) is 6.41. The molecular formula is C25H21BrN2O8. The van der Waals surface area contributed by atoms with Gasteiger partial charge < -0.3 is 20.3 Å². The minimum absolute atomic E-state index is 0.0285. The normalized spacial score (nSPS) is 27.2. The Balaban J connectivity index is 1.77. The van der Waals surface area contributed by atoms with E-state index in [4.69, 9.17) is 15.2 Å². The van der Waals surface area contributed by atoms with Crippen LogP contribution in [0, 0.1) is 17.8 Å². The number of Topliss-reactive ketones (excluding diaryl/α,β-unsaturated/α-hetero) is 1. The van der Waals surface area contributed by atoms with Crippen molar-refractivity contribution in [1.29, 1.82) is 0 Å². The molecule has 1 saturated heterocycles. The van der Waals surface area contributed by atoms with E-state index in [0.29, 0.717) is 16.0 Å². The molecule has 3 aliphatic carbocycles. The van der Waals surface area contributed by atoms with Gasteiger partial charge in [-0.15, -0.1) is 0 Å². The molecule has 0 spiro atoms. The summed E-state index contributed by atoms with van der Waals surface area (Å²) < 4.78 is 11.2. The predicted molar refractivity (Wildman–Crippen MR) is 127 cm³/mol. The van der Waals surface area contributed by atoms with Crippen molar-refractivity contribution in [2.45, 2.75) is 18.8 Å². The highest BCUT2D eigenvalue weighted by atomic mass is 79.9. The highest BCUT2D eigenvalue weighted by molar-refractivity contribution is 9.12. The number of aromatic hydroxyl groups is 1. The number of primary amides is 1. The van der Waals surface area contributed by atoms with Crippen LogP contribution in [0.15, 0.2) is 45.5 Å². The molecule has 4 amide bonds. The standard InChI is InChI=1S/C25H21BrN2O8/c1-35-16-5-9(29)6-17(36-2)21(16)20-10-3-4-11-18(24(33)28(23(11)32)25(27)34)12(10)7-13-19(20)15(30)8-14(26)22(13)31/h3,5-6,8,11-12,18,20,29H,4,7H2,1-2H3,(H2,27,34)/t11-,12+,18-,20-/m0/s1. The van der Waals surface area contributed by atoms with E-state index in [1.165, 1.54) is 32.4 Å². The van der Waals surface area contributed by atoms with Crippen LogP contribution in [0.1, 0.15) is 24.3 Å². The average molecular weight is 557 g/mol. The maximum Gasteiger partial charge on any atom is 0.328 e. The second kappa shape index (κ2) is 8.44. The zero-order chi connectivity index (χ0) is 26.0. The van der Waals surface area contributed by atoms with Crippen molar-refractivity contribution in [3.63, 3.8) is 0 Å². The number of urea groups is 1. The largest absolute Gasteiger partial charge is 0.508 e. The smallest absolute Gasteiger partial charge is 0.328 e. The summed E-state index contributed by atoms with van der Waals surface area (Å²) in [5.41, 5.74) is 6.78. The number of benzene rings is 1. The van der Waals surface area contributed by atoms with Gasteiger partial charge in [-0.3, -0.25) is 19.2 Å². The summed E-state index contributed by atoms with van der Waals surface area (Å²) in [4.78, 5) is 65.1. The Kier molecular flexibility index (Phi) is 5.62. The maximum atomic E-state index is 13.3. The van der Waals surface area contributed by atoms with Gasteiger partial charge in [-0.05, 0) is 34.7 Å². The number of imide groups is 3. The Hall–Kier alpha value is -3.73. The van der Waals surface area contributed by atoms with Gasteiger partial charge in [-0.1, -0.05) is 11.6 Å². The van der Waals surface area contributed by atoms with Gasteiger partial charge in [0.1, 0.15) is 17.2 Å². The molecule has 36 heavy (non-hydrogen) atoms. The second-order valence-electron chi connectivity index (χ2n) is 9.01. The van der Waals surface area contributed by atoms with Crippen LogP contribution in [-0.4, -0.2) is 53.6 Å². The summed E-state index contributed by atoms with van der Waals surface area (Å²) in [6.45, 7) is 0. The first kappa shape index (κ1) is 24.0. The highest BCUT2D eigenvalue weighted by Gasteiger charge is 2.58. The van der Waals surface area contributed by atoms with Crippen LogP contribution in [-0.2, 0) is 19.2 Å². The lowest BCUT2D eigenvalue weighted by Gasteiger charge is -2.42. The van der Waals surface area contributed by atoms with Crippen LogP contribution in [0.25, 0.3) is 0 Å². The molecule has 1 fully saturated rings. The Morgan fingerprint density at radius 2 is 1.72 bits per heavy atom. The number of nitrogens with two attached hydrogens (primary N) is 1. The number of rotatable bonds is 3. The van der Waals surface area contributed by atoms with Crippen molar-refractivity contribution in [3.8, 4) is 17.2 Å². The van der Waals surface area contributed by atoms with Crippen LogP contribution in [0.3, 0.4) is 0 Å². The number of methoxy groups -OCH3 is 2. The molecule has 10 nitrogen and oxygen atoms in total. The zero-order valence-corrected chi connectivity index (χ0v) is 20.8. The molecule has 0 bridgehead atoms. The molecule has 4 atom stereocenters. The number of hydrogen-bond acceptors (Lipinski definition) is 8. The lowest BCUT2D eigenvalue weighted by Crippen LogP contribution is -2.42. The molecule has 1 aromatic carbocycles. The number of carbonyl (C=O) groups is 5. The van der Waals surface area contributed by atoms with Crippen LogP contribution in [0.4, 0.5) is 4.79 Å². The molecule has 0 aromatic heterocycles. The molecule has 0 unspecified atom stereocenters. The van der Waals surface area contributed by atoms with E-state index in [1.54, 1.807) is 6.08 Å². The average Bonchev–Trinajstić information content (AvgIpc) is 3.10. The highest BCUT2D eigenvalue weighted by Crippen LogP contribution is 2.58. The van der Waals surface area contributed by atoms with Crippen molar-refractivity contribution in [2.24, 2.45) is 23.5 Å². The second-order valence-corrected chi connectivity index (χ2v) is 9.86. The summed E-state index contributed by atoms with van der Waals surface area (Å²) in [5, 5.41) is 10.2. The summed E-state index contributed by atoms with van der Waals surface area (Å²) in [7, 11) is 2.79. The van der Waals surface area contributed by atoms with Gasteiger partial charge >= 0.3 is 6.03 Å². The third kappa shape index (κ3) is 3.25. The molecule has 3 N–H and O–H groups in total. The number of ether oxygens (including phenoxy) is 2. The van der Waals surface area contributed by atoms with E-state index in [2.05, 4.69) is 15.9 Å². The molecule has 5 rings (SSSR count). The zero-order valence-electron chi connectivity index (χ0n) is 19.2. The number of halogens is 1. The van der Waals surface area contributed by atoms with Gasteiger partial charge in [-0.2, -0.15) is 4.90 Å². The van der Waals surface area contributed by atoms with Crippen molar-refractivity contribution < 1.29 is 38.6 Å². The van der Waals surface area contributed by atoms with Gasteiger partial charge in [0, 0.05) is 40.8 Å². The van der Waals surface area contributed by atoms with Crippen molar-refractivity contribution in [1.82, 2.24) is 4.90 Å². The number of allylic oxidation sites excluding steroid dienone is 6. The number of nitrogens with zero attached hydrogens (tertiary/aromatic N) is 1. The number of ketones is 2. The fraction of sp³-hybridized carbons (Fsp3) is 0.320. The first-order valence-electron chi connectivity index (χ1n) is 11.1.